The molecule has 1 aliphatic rings. The highest BCUT2D eigenvalue weighted by atomic mass is 16.5. The van der Waals surface area contributed by atoms with Crippen molar-refractivity contribution >= 4 is 5.69 Å². The molecule has 0 radical (unpaired) electrons. The summed E-state index contributed by atoms with van der Waals surface area (Å²) in [6.07, 6.45) is 3.68. The third-order valence-electron chi connectivity index (χ3n) is 4.04. The zero-order valence-corrected chi connectivity index (χ0v) is 13.1. The molecule has 2 rings (SSSR count). The lowest BCUT2D eigenvalue weighted by molar-refractivity contribution is 0.340. The average Bonchev–Trinajstić information content (AvgIpc) is 2.47. The molecule has 1 fully saturated rings. The van der Waals surface area contributed by atoms with E-state index in [1.165, 1.54) is 24.9 Å². The molecule has 1 aromatic rings. The Balaban J connectivity index is 1.93. The molecule has 2 unspecified atom stereocenters. The molecule has 0 aromatic heterocycles. The second-order valence-corrected chi connectivity index (χ2v) is 5.64. The topological polar surface area (TPSA) is 24.5 Å². The van der Waals surface area contributed by atoms with Gasteiger partial charge in [-0.15, -0.1) is 0 Å². The van der Waals surface area contributed by atoms with Crippen LogP contribution in [0.5, 0.6) is 5.75 Å². The lowest BCUT2D eigenvalue weighted by atomic mass is 9.97. The van der Waals surface area contributed by atoms with Gasteiger partial charge in [-0.2, -0.15) is 0 Å². The fourth-order valence-corrected chi connectivity index (χ4v) is 2.99. The molecule has 1 aliphatic heterocycles. The quantitative estimate of drug-likeness (QED) is 0.861. The number of rotatable bonds is 6. The van der Waals surface area contributed by atoms with Crippen LogP contribution < -0.4 is 15.0 Å². The van der Waals surface area contributed by atoms with Crippen molar-refractivity contribution in [2.45, 2.75) is 52.1 Å². The van der Waals surface area contributed by atoms with Gasteiger partial charge in [-0.25, -0.2) is 0 Å². The minimum atomic E-state index is 0.594. The van der Waals surface area contributed by atoms with Crippen molar-refractivity contribution in [1.82, 2.24) is 5.32 Å². The second kappa shape index (κ2) is 7.53. The predicted molar refractivity (Wildman–Crippen MR) is 85.7 cm³/mol. The number of anilines is 1. The minimum absolute atomic E-state index is 0.594. The van der Waals surface area contributed by atoms with Crippen LogP contribution in [0.4, 0.5) is 5.69 Å². The van der Waals surface area contributed by atoms with Gasteiger partial charge in [-0.3, -0.25) is 0 Å². The first-order valence-corrected chi connectivity index (χ1v) is 7.97. The van der Waals surface area contributed by atoms with Gasteiger partial charge in [0.05, 0.1) is 6.61 Å². The molecule has 0 aliphatic carbocycles. The van der Waals surface area contributed by atoms with Gasteiger partial charge in [0.2, 0.25) is 0 Å². The van der Waals surface area contributed by atoms with Gasteiger partial charge in [0.1, 0.15) is 5.75 Å². The third-order valence-corrected chi connectivity index (χ3v) is 4.04. The lowest BCUT2D eigenvalue weighted by Crippen LogP contribution is -2.47. The fourth-order valence-electron chi connectivity index (χ4n) is 2.99. The first kappa shape index (κ1) is 15.2. The van der Waals surface area contributed by atoms with E-state index in [4.69, 9.17) is 4.74 Å². The number of hydrogen-bond acceptors (Lipinski definition) is 3. The highest BCUT2D eigenvalue weighted by Crippen LogP contribution is 2.26. The Morgan fingerprint density at radius 3 is 2.60 bits per heavy atom. The minimum Gasteiger partial charge on any atom is -0.494 e. The maximum Gasteiger partial charge on any atom is 0.119 e. The van der Waals surface area contributed by atoms with Crippen LogP contribution in [0.25, 0.3) is 0 Å². The van der Waals surface area contributed by atoms with Crippen molar-refractivity contribution in [1.29, 1.82) is 0 Å². The van der Waals surface area contributed by atoms with Crippen molar-refractivity contribution in [3.63, 3.8) is 0 Å². The SMILES string of the molecule is CCCNC1CCN(c2ccc(OCC)cc2)C(C)C1. The molecule has 20 heavy (non-hydrogen) atoms. The normalized spacial score (nSPS) is 22.9. The van der Waals surface area contributed by atoms with Gasteiger partial charge >= 0.3 is 0 Å². The zero-order valence-electron chi connectivity index (χ0n) is 13.1. The molecule has 112 valence electrons. The first-order valence-electron chi connectivity index (χ1n) is 7.97. The van der Waals surface area contributed by atoms with E-state index in [2.05, 4.69) is 48.3 Å². The van der Waals surface area contributed by atoms with Gasteiger partial charge in [-0.05, 0) is 63.9 Å². The average molecular weight is 276 g/mol. The largest absolute Gasteiger partial charge is 0.494 e. The van der Waals surface area contributed by atoms with E-state index >= 15 is 0 Å². The third kappa shape index (κ3) is 3.89. The first-order chi connectivity index (χ1) is 9.74. The molecule has 3 nitrogen and oxygen atoms in total. The maximum absolute atomic E-state index is 5.51. The van der Waals surface area contributed by atoms with Crippen molar-refractivity contribution in [2.75, 3.05) is 24.6 Å². The number of nitrogens with one attached hydrogen (secondary N) is 1. The van der Waals surface area contributed by atoms with Gasteiger partial charge in [0, 0.05) is 24.3 Å². The van der Waals surface area contributed by atoms with Gasteiger partial charge in [-0.1, -0.05) is 6.92 Å². The molecular formula is C17H28N2O. The molecule has 0 saturated carbocycles. The number of benzene rings is 1. The Labute approximate surface area is 123 Å². The number of ether oxygens (including phenoxy) is 1. The van der Waals surface area contributed by atoms with Crippen molar-refractivity contribution in [3.05, 3.63) is 24.3 Å². The highest BCUT2D eigenvalue weighted by Gasteiger charge is 2.24. The fraction of sp³-hybridized carbons (Fsp3) is 0.647. The van der Waals surface area contributed by atoms with E-state index in [9.17, 15) is 0 Å². The molecule has 1 saturated heterocycles. The smallest absolute Gasteiger partial charge is 0.119 e. The number of piperidine rings is 1. The van der Waals surface area contributed by atoms with Gasteiger partial charge in [0.15, 0.2) is 0 Å². The van der Waals surface area contributed by atoms with Crippen LogP contribution in [0.15, 0.2) is 24.3 Å². The summed E-state index contributed by atoms with van der Waals surface area (Å²) in [6.45, 7) is 9.58. The predicted octanol–water partition coefficient (Wildman–Crippen LogP) is 3.44. The summed E-state index contributed by atoms with van der Waals surface area (Å²) in [5.41, 5.74) is 1.31. The Morgan fingerprint density at radius 1 is 1.25 bits per heavy atom. The molecule has 1 N–H and O–H groups in total. The summed E-state index contributed by atoms with van der Waals surface area (Å²) < 4.78 is 5.51. The van der Waals surface area contributed by atoms with E-state index in [-0.39, 0.29) is 0 Å². The van der Waals surface area contributed by atoms with Crippen LogP contribution in [-0.2, 0) is 0 Å². The zero-order chi connectivity index (χ0) is 14.4. The highest BCUT2D eigenvalue weighted by molar-refractivity contribution is 5.50. The van der Waals surface area contributed by atoms with Crippen LogP contribution in [0.2, 0.25) is 0 Å². The Hall–Kier alpha value is -1.22. The Bertz CT molecular complexity index is 390. The maximum atomic E-state index is 5.51. The van der Waals surface area contributed by atoms with E-state index in [1.54, 1.807) is 0 Å². The molecule has 1 aromatic carbocycles. The van der Waals surface area contributed by atoms with Gasteiger partial charge < -0.3 is 15.0 Å². The standard InChI is InChI=1S/C17H28N2O/c1-4-11-18-15-10-12-19(14(3)13-15)16-6-8-17(9-7-16)20-5-2/h6-9,14-15,18H,4-5,10-13H2,1-3H3. The lowest BCUT2D eigenvalue weighted by Gasteiger charge is -2.39. The molecular weight excluding hydrogens is 248 g/mol. The summed E-state index contributed by atoms with van der Waals surface area (Å²) >= 11 is 0. The summed E-state index contributed by atoms with van der Waals surface area (Å²) in [6, 6.07) is 9.79. The van der Waals surface area contributed by atoms with E-state index < -0.39 is 0 Å². The van der Waals surface area contributed by atoms with Crippen LogP contribution >= 0.6 is 0 Å². The van der Waals surface area contributed by atoms with Crippen LogP contribution in [-0.4, -0.2) is 31.8 Å². The van der Waals surface area contributed by atoms with Crippen molar-refractivity contribution in [3.8, 4) is 5.75 Å². The molecule has 2 atom stereocenters. The molecule has 1 heterocycles. The molecule has 0 spiro atoms. The molecule has 0 bridgehead atoms. The summed E-state index contributed by atoms with van der Waals surface area (Å²) in [5.74, 6) is 0.961. The van der Waals surface area contributed by atoms with Crippen LogP contribution in [0.1, 0.15) is 40.0 Å². The van der Waals surface area contributed by atoms with Crippen LogP contribution in [0, 0.1) is 0 Å². The summed E-state index contributed by atoms with van der Waals surface area (Å²) in [5, 5.41) is 3.65. The van der Waals surface area contributed by atoms with E-state index in [0.717, 1.165) is 25.4 Å². The van der Waals surface area contributed by atoms with Crippen LogP contribution in [0.3, 0.4) is 0 Å². The monoisotopic (exact) mass is 276 g/mol. The summed E-state index contributed by atoms with van der Waals surface area (Å²) in [7, 11) is 0. The van der Waals surface area contributed by atoms with E-state index in [0.29, 0.717) is 12.1 Å². The molecule has 0 amide bonds. The van der Waals surface area contributed by atoms with Gasteiger partial charge in [0.25, 0.3) is 0 Å². The second-order valence-electron chi connectivity index (χ2n) is 5.64. The Morgan fingerprint density at radius 2 is 2.00 bits per heavy atom. The number of nitrogens with zero attached hydrogens (tertiary/aromatic N) is 1. The summed E-state index contributed by atoms with van der Waals surface area (Å²) in [4.78, 5) is 2.51. The van der Waals surface area contributed by atoms with Crippen molar-refractivity contribution < 1.29 is 4.74 Å². The number of hydrogen-bond donors (Lipinski definition) is 1. The van der Waals surface area contributed by atoms with E-state index in [1.807, 2.05) is 6.92 Å². The Kier molecular flexibility index (Phi) is 5.72. The van der Waals surface area contributed by atoms with Crippen molar-refractivity contribution in [2.24, 2.45) is 0 Å². The molecule has 3 heteroatoms.